The number of rotatable bonds is 7. The van der Waals surface area contributed by atoms with Crippen LogP contribution < -0.4 is 0 Å². The number of hydrogen-bond donors (Lipinski definition) is 0. The normalized spacial score (nSPS) is 11.0. The molecule has 0 radical (unpaired) electrons. The van der Waals surface area contributed by atoms with Crippen LogP contribution in [0.1, 0.15) is 27.2 Å². The Morgan fingerprint density at radius 3 is 2.00 bits per heavy atom. The summed E-state index contributed by atoms with van der Waals surface area (Å²) in [5, 5.41) is 0. The van der Waals surface area contributed by atoms with E-state index in [0.717, 1.165) is 6.42 Å². The van der Waals surface area contributed by atoms with Crippen LogP contribution in [0.25, 0.3) is 0 Å². The maximum Gasteiger partial charge on any atom is 0.461 e. The third-order valence-corrected chi connectivity index (χ3v) is 4.54. The third-order valence-electron chi connectivity index (χ3n) is 1.84. The van der Waals surface area contributed by atoms with Crippen LogP contribution >= 0.6 is 0 Å². The van der Waals surface area contributed by atoms with E-state index >= 15 is 0 Å². The Bertz CT molecular complexity index is 225. The molecule has 0 aromatic heterocycles. The van der Waals surface area contributed by atoms with Crippen molar-refractivity contribution in [3.05, 3.63) is 0 Å². The number of carbonyl (C=O) groups is 2. The van der Waals surface area contributed by atoms with Crippen LogP contribution in [0, 0.1) is 0 Å². The molecule has 0 aromatic rings. The molecular formula is C10H20O5Si. The summed E-state index contributed by atoms with van der Waals surface area (Å²) in [4.78, 5) is 21.8. The maximum absolute atomic E-state index is 10.9. The van der Waals surface area contributed by atoms with Gasteiger partial charge in [-0.05, 0) is 13.3 Å². The van der Waals surface area contributed by atoms with Crippen molar-refractivity contribution in [1.82, 2.24) is 0 Å². The van der Waals surface area contributed by atoms with Crippen molar-refractivity contribution in [2.24, 2.45) is 0 Å². The first kappa shape index (κ1) is 15.1. The van der Waals surface area contributed by atoms with E-state index in [4.69, 9.17) is 13.6 Å². The van der Waals surface area contributed by atoms with Gasteiger partial charge in [0.05, 0.1) is 0 Å². The summed E-state index contributed by atoms with van der Waals surface area (Å²) in [6, 6.07) is 0.562. The van der Waals surface area contributed by atoms with E-state index in [1.807, 2.05) is 6.92 Å². The van der Waals surface area contributed by atoms with E-state index in [1.54, 1.807) is 6.55 Å². The molecule has 16 heavy (non-hydrogen) atoms. The molecule has 0 spiro atoms. The Balaban J connectivity index is 4.18. The van der Waals surface area contributed by atoms with E-state index in [1.165, 1.54) is 13.8 Å². The van der Waals surface area contributed by atoms with Gasteiger partial charge in [0.25, 0.3) is 11.9 Å². The van der Waals surface area contributed by atoms with Crippen LogP contribution in [0.2, 0.25) is 12.6 Å². The lowest BCUT2D eigenvalue weighted by atomic mass is 10.5. The predicted molar refractivity (Wildman–Crippen MR) is 61.1 cm³/mol. The minimum absolute atomic E-state index is 0.410. The van der Waals surface area contributed by atoms with E-state index in [0.29, 0.717) is 19.3 Å². The van der Waals surface area contributed by atoms with E-state index in [2.05, 4.69) is 0 Å². The van der Waals surface area contributed by atoms with Crippen LogP contribution in [-0.4, -0.2) is 33.7 Å². The average molecular weight is 248 g/mol. The molecule has 0 aliphatic rings. The van der Waals surface area contributed by atoms with Gasteiger partial charge in [-0.3, -0.25) is 9.59 Å². The molecule has 0 unspecified atom stereocenters. The highest BCUT2D eigenvalue weighted by Crippen LogP contribution is 2.16. The summed E-state index contributed by atoms with van der Waals surface area (Å²) in [6.07, 6.45) is 0.719. The molecule has 6 heteroatoms. The summed E-state index contributed by atoms with van der Waals surface area (Å²) in [7, 11) is -2.70. The number of ether oxygens (including phenoxy) is 1. The quantitative estimate of drug-likeness (QED) is 0.506. The SMILES string of the molecule is CCOCCC[Si](C)(OC(C)=O)OC(C)=O. The van der Waals surface area contributed by atoms with Crippen molar-refractivity contribution in [2.75, 3.05) is 13.2 Å². The van der Waals surface area contributed by atoms with Crippen molar-refractivity contribution in [3.8, 4) is 0 Å². The molecule has 0 aliphatic carbocycles. The van der Waals surface area contributed by atoms with Crippen LogP contribution in [0.4, 0.5) is 0 Å². The number of carbonyl (C=O) groups excluding carboxylic acids is 2. The van der Waals surface area contributed by atoms with Gasteiger partial charge in [0.2, 0.25) is 0 Å². The fraction of sp³-hybridized carbons (Fsp3) is 0.800. The lowest BCUT2D eigenvalue weighted by Gasteiger charge is -2.24. The monoisotopic (exact) mass is 248 g/mol. The zero-order valence-electron chi connectivity index (χ0n) is 10.4. The van der Waals surface area contributed by atoms with Gasteiger partial charge in [-0.1, -0.05) is 0 Å². The zero-order valence-corrected chi connectivity index (χ0v) is 11.4. The molecule has 0 fully saturated rings. The minimum Gasteiger partial charge on any atom is -0.485 e. The fourth-order valence-electron chi connectivity index (χ4n) is 1.37. The van der Waals surface area contributed by atoms with Gasteiger partial charge in [-0.15, -0.1) is 0 Å². The van der Waals surface area contributed by atoms with E-state index in [9.17, 15) is 9.59 Å². The maximum atomic E-state index is 10.9. The Hall–Kier alpha value is -0.883. The van der Waals surface area contributed by atoms with Crippen LogP contribution in [0.5, 0.6) is 0 Å². The Kier molecular flexibility index (Phi) is 6.99. The van der Waals surface area contributed by atoms with Gasteiger partial charge < -0.3 is 13.6 Å². The van der Waals surface area contributed by atoms with E-state index in [-0.39, 0.29) is 0 Å². The first-order chi connectivity index (χ1) is 7.39. The first-order valence-corrected chi connectivity index (χ1v) is 7.89. The average Bonchev–Trinajstić information content (AvgIpc) is 2.09. The standard InChI is InChI=1S/C10H20O5Si/c1-5-13-7-6-8-16(4,14-9(2)11)15-10(3)12/h5-8H2,1-4H3. The smallest absolute Gasteiger partial charge is 0.461 e. The fourth-order valence-corrected chi connectivity index (χ4v) is 3.62. The first-order valence-electron chi connectivity index (χ1n) is 5.36. The predicted octanol–water partition coefficient (Wildman–Crippen LogP) is 1.61. The molecule has 0 rings (SSSR count). The molecule has 0 heterocycles. The molecule has 0 aliphatic heterocycles. The number of hydrogen-bond acceptors (Lipinski definition) is 5. The van der Waals surface area contributed by atoms with Crippen LogP contribution in [-0.2, 0) is 23.2 Å². The highest BCUT2D eigenvalue weighted by atomic mass is 28.4. The highest BCUT2D eigenvalue weighted by Gasteiger charge is 2.37. The van der Waals surface area contributed by atoms with Gasteiger partial charge in [0, 0.05) is 39.7 Å². The summed E-state index contributed by atoms with van der Waals surface area (Å²) in [6.45, 7) is 7.49. The largest absolute Gasteiger partial charge is 0.485 e. The molecule has 0 N–H and O–H groups in total. The second-order valence-electron chi connectivity index (χ2n) is 3.62. The van der Waals surface area contributed by atoms with Crippen LogP contribution in [0.15, 0.2) is 0 Å². The molecular weight excluding hydrogens is 228 g/mol. The molecule has 0 saturated heterocycles. The summed E-state index contributed by atoms with van der Waals surface area (Å²) in [5.74, 6) is -0.821. The topological polar surface area (TPSA) is 61.8 Å². The Morgan fingerprint density at radius 2 is 1.62 bits per heavy atom. The lowest BCUT2D eigenvalue weighted by molar-refractivity contribution is -0.138. The van der Waals surface area contributed by atoms with Gasteiger partial charge in [0.15, 0.2) is 0 Å². The van der Waals surface area contributed by atoms with Crippen molar-refractivity contribution in [3.63, 3.8) is 0 Å². The summed E-state index contributed by atoms with van der Waals surface area (Å²) in [5.41, 5.74) is 0. The zero-order chi connectivity index (χ0) is 12.6. The van der Waals surface area contributed by atoms with Crippen molar-refractivity contribution in [1.29, 1.82) is 0 Å². The second-order valence-corrected chi connectivity index (χ2v) is 6.80. The molecule has 0 amide bonds. The van der Waals surface area contributed by atoms with Crippen molar-refractivity contribution < 1.29 is 23.2 Å². The van der Waals surface area contributed by atoms with Gasteiger partial charge in [-0.25, -0.2) is 0 Å². The van der Waals surface area contributed by atoms with Crippen LogP contribution in [0.3, 0.4) is 0 Å². The minimum atomic E-state index is -2.70. The Morgan fingerprint density at radius 1 is 1.12 bits per heavy atom. The third kappa shape index (κ3) is 7.41. The molecule has 0 saturated carbocycles. The lowest BCUT2D eigenvalue weighted by Crippen LogP contribution is -2.41. The van der Waals surface area contributed by atoms with Crippen molar-refractivity contribution in [2.45, 2.75) is 39.8 Å². The van der Waals surface area contributed by atoms with Gasteiger partial charge in [-0.2, -0.15) is 0 Å². The highest BCUT2D eigenvalue weighted by molar-refractivity contribution is 6.69. The summed E-state index contributed by atoms with van der Waals surface area (Å²) < 4.78 is 15.4. The summed E-state index contributed by atoms with van der Waals surface area (Å²) >= 11 is 0. The van der Waals surface area contributed by atoms with Gasteiger partial charge >= 0.3 is 8.56 Å². The second kappa shape index (κ2) is 7.40. The van der Waals surface area contributed by atoms with Crippen molar-refractivity contribution >= 4 is 20.5 Å². The Labute approximate surface area is 97.3 Å². The molecule has 0 bridgehead atoms. The molecule has 0 aromatic carbocycles. The molecule has 5 nitrogen and oxygen atoms in total. The molecule has 94 valence electrons. The molecule has 0 atom stereocenters. The van der Waals surface area contributed by atoms with E-state index < -0.39 is 20.5 Å². The van der Waals surface area contributed by atoms with Gasteiger partial charge in [0.1, 0.15) is 0 Å².